The van der Waals surface area contributed by atoms with E-state index < -0.39 is 79.0 Å². The van der Waals surface area contributed by atoms with Crippen LogP contribution in [0, 0.1) is 6.92 Å². The molecule has 0 unspecified atom stereocenters. The van der Waals surface area contributed by atoms with Crippen molar-refractivity contribution in [3.05, 3.63) is 92.6 Å². The average molecular weight is 729 g/mol. The minimum atomic E-state index is -1.42. The first-order chi connectivity index (χ1) is 25.5. The van der Waals surface area contributed by atoms with E-state index in [0.717, 1.165) is 5.56 Å². The summed E-state index contributed by atoms with van der Waals surface area (Å²) in [6, 6.07) is 17.4. The fourth-order valence-corrected chi connectivity index (χ4v) is 7.98. The predicted molar refractivity (Wildman–Crippen MR) is 187 cm³/mol. The van der Waals surface area contributed by atoms with Crippen molar-refractivity contribution in [3.8, 4) is 11.5 Å². The van der Waals surface area contributed by atoms with Gasteiger partial charge in [0.05, 0.1) is 23.0 Å². The van der Waals surface area contributed by atoms with Crippen molar-refractivity contribution in [1.29, 1.82) is 0 Å². The van der Waals surface area contributed by atoms with E-state index in [1.807, 2.05) is 30.3 Å². The maximum atomic E-state index is 13.6. The summed E-state index contributed by atoms with van der Waals surface area (Å²) < 4.78 is 55.4. The van der Waals surface area contributed by atoms with E-state index >= 15 is 0 Å². The summed E-state index contributed by atoms with van der Waals surface area (Å²) in [7, 11) is 1.37. The van der Waals surface area contributed by atoms with Gasteiger partial charge in [0.15, 0.2) is 24.3 Å². The van der Waals surface area contributed by atoms with Crippen molar-refractivity contribution in [3.63, 3.8) is 0 Å². The maximum absolute atomic E-state index is 13.6. The summed E-state index contributed by atoms with van der Waals surface area (Å²) in [5, 5.41) is 34.5. The SMILES string of the molecule is CO[C@H]1[C@@H](O)[C@@H](O[C@@H]2[C@H](Oc3cccc4c(O)c5c(=O)oc6ccc(C)c7c(=O)oc(c34)c5c67)O[C@H](C)[C@@H]3O[C@H](c4ccccc4)O[C@@H]23)O[C@@H](C)[C@H]1O. The van der Waals surface area contributed by atoms with Gasteiger partial charge in [-0.1, -0.05) is 48.5 Å². The van der Waals surface area contributed by atoms with Crippen LogP contribution in [0.1, 0.15) is 31.3 Å². The Bertz CT molecular complexity index is 2460. The van der Waals surface area contributed by atoms with Gasteiger partial charge in [-0.3, -0.25) is 0 Å². The molecule has 53 heavy (non-hydrogen) atoms. The minimum Gasteiger partial charge on any atom is -0.506 e. The Kier molecular flexibility index (Phi) is 8.21. The molecule has 276 valence electrons. The molecule has 5 heterocycles. The molecule has 11 atom stereocenters. The third-order valence-corrected chi connectivity index (χ3v) is 10.6. The second kappa shape index (κ2) is 12.7. The van der Waals surface area contributed by atoms with Crippen LogP contribution in [0.4, 0.5) is 0 Å². The Balaban J connectivity index is 1.19. The second-order valence-corrected chi connectivity index (χ2v) is 13.8. The van der Waals surface area contributed by atoms with Crippen molar-refractivity contribution in [2.75, 3.05) is 7.11 Å². The number of rotatable bonds is 6. The standard InChI is InChI=1S/C39H36O14/c1-15-13-14-21-24-22(15)35(43)50-31-23-19(28(41)26(25(24)31)36(44)48-21)11-8-12-20(23)49-39-34(53-38-29(42)32(45-4)27(40)16(2)46-38)33-30(17(3)47-39)51-37(52-33)18-9-6-5-7-10-18/h5-14,16-17,27,29-30,32-34,37-42H,1-4H3/t16-,17+,27+,29+,30-,32+,33+,34-,37-,38+,39-/m0/s1. The molecular formula is C39H36O14. The number of aliphatic hydroxyl groups is 2. The van der Waals surface area contributed by atoms with Crippen LogP contribution < -0.4 is 16.0 Å². The zero-order chi connectivity index (χ0) is 36.9. The average Bonchev–Trinajstić information content (AvgIpc) is 3.60. The van der Waals surface area contributed by atoms with Gasteiger partial charge in [-0.2, -0.15) is 0 Å². The lowest BCUT2D eigenvalue weighted by atomic mass is 9.95. The molecule has 2 aromatic heterocycles. The maximum Gasteiger partial charge on any atom is 0.348 e. The van der Waals surface area contributed by atoms with Gasteiger partial charge < -0.3 is 57.3 Å². The molecule has 14 heteroatoms. The van der Waals surface area contributed by atoms with Gasteiger partial charge >= 0.3 is 11.3 Å². The van der Waals surface area contributed by atoms with Gasteiger partial charge in [0.25, 0.3) is 0 Å². The molecule has 9 rings (SSSR count). The smallest absolute Gasteiger partial charge is 0.348 e. The molecule has 3 aliphatic heterocycles. The van der Waals surface area contributed by atoms with Crippen molar-refractivity contribution >= 4 is 43.5 Å². The molecule has 3 saturated heterocycles. The highest BCUT2D eigenvalue weighted by atomic mass is 16.8. The van der Waals surface area contributed by atoms with Crippen LogP contribution in [0.5, 0.6) is 11.5 Å². The Labute approximate surface area is 300 Å². The predicted octanol–water partition coefficient (Wildman–Crippen LogP) is 4.13. The topological polar surface area (TPSA) is 186 Å². The van der Waals surface area contributed by atoms with Crippen molar-refractivity contribution in [2.45, 2.75) is 88.5 Å². The number of aryl methyl sites for hydroxylation is 1. The lowest BCUT2D eigenvalue weighted by molar-refractivity contribution is -0.346. The van der Waals surface area contributed by atoms with E-state index in [0.29, 0.717) is 10.9 Å². The molecule has 0 aliphatic carbocycles. The zero-order valence-electron chi connectivity index (χ0n) is 29.0. The Morgan fingerprint density at radius 3 is 2.19 bits per heavy atom. The van der Waals surface area contributed by atoms with E-state index in [1.165, 1.54) is 7.11 Å². The number of aliphatic hydroxyl groups excluding tert-OH is 2. The minimum absolute atomic E-state index is 0.00461. The van der Waals surface area contributed by atoms with Crippen LogP contribution in [-0.4, -0.2) is 83.8 Å². The Morgan fingerprint density at radius 2 is 1.42 bits per heavy atom. The first-order valence-electron chi connectivity index (χ1n) is 17.3. The van der Waals surface area contributed by atoms with E-state index in [1.54, 1.807) is 51.1 Å². The summed E-state index contributed by atoms with van der Waals surface area (Å²) in [6.07, 6.45) is -10.9. The van der Waals surface area contributed by atoms with Gasteiger partial charge in [0, 0.05) is 28.8 Å². The summed E-state index contributed by atoms with van der Waals surface area (Å²) >= 11 is 0. The highest BCUT2D eigenvalue weighted by molar-refractivity contribution is 6.28. The van der Waals surface area contributed by atoms with Crippen LogP contribution in [-0.2, 0) is 28.4 Å². The first-order valence-corrected chi connectivity index (χ1v) is 17.3. The molecule has 0 saturated carbocycles. The second-order valence-electron chi connectivity index (χ2n) is 13.8. The number of fused-ring (bicyclic) bond motifs is 3. The third-order valence-electron chi connectivity index (χ3n) is 10.6. The van der Waals surface area contributed by atoms with Gasteiger partial charge in [-0.05, 0) is 38.5 Å². The Morgan fingerprint density at radius 1 is 0.679 bits per heavy atom. The van der Waals surface area contributed by atoms with Crippen LogP contribution >= 0.6 is 0 Å². The van der Waals surface area contributed by atoms with E-state index in [-0.39, 0.29) is 49.6 Å². The number of phenols is 1. The fourth-order valence-electron chi connectivity index (χ4n) is 7.98. The zero-order valence-corrected chi connectivity index (χ0v) is 29.0. The molecule has 0 bridgehead atoms. The van der Waals surface area contributed by atoms with E-state index in [4.69, 9.17) is 42.0 Å². The number of benzene rings is 4. The van der Waals surface area contributed by atoms with E-state index in [9.17, 15) is 24.9 Å². The van der Waals surface area contributed by atoms with E-state index in [2.05, 4.69) is 0 Å². The van der Waals surface area contributed by atoms with Gasteiger partial charge in [0.2, 0.25) is 6.29 Å². The lowest BCUT2D eigenvalue weighted by Crippen LogP contribution is -2.63. The highest BCUT2D eigenvalue weighted by Crippen LogP contribution is 2.47. The van der Waals surface area contributed by atoms with Crippen molar-refractivity contribution in [1.82, 2.24) is 0 Å². The number of hydrogen-bond donors (Lipinski definition) is 3. The monoisotopic (exact) mass is 728 g/mol. The van der Waals surface area contributed by atoms with Crippen LogP contribution in [0.2, 0.25) is 0 Å². The largest absolute Gasteiger partial charge is 0.506 e. The quantitative estimate of drug-likeness (QED) is 0.126. The molecule has 0 spiro atoms. The molecule has 3 aliphatic rings. The highest BCUT2D eigenvalue weighted by Gasteiger charge is 2.56. The molecule has 0 radical (unpaired) electrons. The van der Waals surface area contributed by atoms with Crippen molar-refractivity contribution in [2.24, 2.45) is 0 Å². The number of methoxy groups -OCH3 is 1. The van der Waals surface area contributed by atoms with Crippen LogP contribution in [0.15, 0.2) is 79.1 Å². The van der Waals surface area contributed by atoms with Crippen LogP contribution in [0.3, 0.4) is 0 Å². The van der Waals surface area contributed by atoms with Crippen LogP contribution in [0.25, 0.3) is 43.5 Å². The third kappa shape index (κ3) is 5.24. The summed E-state index contributed by atoms with van der Waals surface area (Å²) in [6.45, 7) is 5.17. The normalized spacial score (nSPS) is 31.8. The van der Waals surface area contributed by atoms with Gasteiger partial charge in [-0.25, -0.2) is 9.59 Å². The lowest BCUT2D eigenvalue weighted by Gasteiger charge is -2.45. The van der Waals surface area contributed by atoms with Gasteiger partial charge in [0.1, 0.15) is 53.0 Å². The molecule has 3 fully saturated rings. The summed E-state index contributed by atoms with van der Waals surface area (Å²) in [4.78, 5) is 26.9. The molecule has 3 N–H and O–H groups in total. The molecular weight excluding hydrogens is 692 g/mol. The molecule has 6 aromatic rings. The fraction of sp³-hybridized carbons (Fsp3) is 0.385. The Hall–Kier alpha value is -4.64. The molecule has 14 nitrogen and oxygen atoms in total. The van der Waals surface area contributed by atoms with Crippen molar-refractivity contribution < 1.29 is 57.3 Å². The number of phenolic OH excluding ortho intramolecular Hbond substituents is 1. The first kappa shape index (κ1) is 34.1. The molecule has 0 amide bonds. The summed E-state index contributed by atoms with van der Waals surface area (Å²) in [5.74, 6) is -0.266. The number of aromatic hydroxyl groups is 1. The van der Waals surface area contributed by atoms with Gasteiger partial charge in [-0.15, -0.1) is 0 Å². The number of ether oxygens (including phenoxy) is 7. The number of hydrogen-bond acceptors (Lipinski definition) is 14. The summed E-state index contributed by atoms with van der Waals surface area (Å²) in [5.41, 5.74) is 0.0587. The molecule has 4 aromatic carbocycles.